The lowest BCUT2D eigenvalue weighted by Gasteiger charge is -1.92. The van der Waals surface area contributed by atoms with Gasteiger partial charge in [0.25, 0.3) is 0 Å². The molecule has 0 fully saturated rings. The lowest BCUT2D eigenvalue weighted by molar-refractivity contribution is 1.03. The molecular formula is C8H9N3. The Bertz CT molecular complexity index is 364. The molecule has 0 saturated heterocycles. The topological polar surface area (TPSA) is 41.6 Å². The summed E-state index contributed by atoms with van der Waals surface area (Å²) in [6.45, 7) is 2.09. The van der Waals surface area contributed by atoms with Crippen LogP contribution in [0, 0.1) is 0 Å². The quantitative estimate of drug-likeness (QED) is 0.664. The van der Waals surface area contributed by atoms with Crippen molar-refractivity contribution in [1.29, 1.82) is 0 Å². The molecule has 3 heteroatoms. The third kappa shape index (κ3) is 0.981. The molecule has 3 nitrogen and oxygen atoms in total. The average molecular weight is 147 g/mol. The minimum absolute atomic E-state index is 0.879. The summed E-state index contributed by atoms with van der Waals surface area (Å²) < 4.78 is 0. The second-order valence-corrected chi connectivity index (χ2v) is 2.46. The normalized spacial score (nSPS) is 10.6. The van der Waals surface area contributed by atoms with E-state index in [2.05, 4.69) is 22.1 Å². The number of nitrogens with one attached hydrogen (secondary N) is 1. The van der Waals surface area contributed by atoms with E-state index in [1.54, 1.807) is 6.20 Å². The van der Waals surface area contributed by atoms with E-state index in [9.17, 15) is 0 Å². The maximum atomic E-state index is 4.34. The molecule has 0 unspecified atom stereocenters. The molecule has 56 valence electrons. The molecule has 2 aromatic rings. The van der Waals surface area contributed by atoms with Gasteiger partial charge in [0.1, 0.15) is 0 Å². The summed E-state index contributed by atoms with van der Waals surface area (Å²) in [5, 5.41) is 7.79. The van der Waals surface area contributed by atoms with Crippen molar-refractivity contribution in [2.24, 2.45) is 0 Å². The van der Waals surface area contributed by atoms with E-state index in [1.807, 2.05) is 12.1 Å². The van der Waals surface area contributed by atoms with Crippen molar-refractivity contribution >= 4 is 11.0 Å². The van der Waals surface area contributed by atoms with Gasteiger partial charge in [0.05, 0.1) is 6.20 Å². The molecule has 0 aliphatic rings. The third-order valence-corrected chi connectivity index (χ3v) is 1.72. The summed E-state index contributed by atoms with van der Waals surface area (Å²) in [4.78, 5) is 4.34. The number of nitrogens with zero attached hydrogens (tertiary/aromatic N) is 2. The SMILES string of the molecule is CCc1ccc2cn[nH]c2n1. The van der Waals surface area contributed by atoms with Crippen LogP contribution >= 0.6 is 0 Å². The van der Waals surface area contributed by atoms with Gasteiger partial charge in [-0.2, -0.15) is 5.10 Å². The van der Waals surface area contributed by atoms with Crippen LogP contribution in [0.4, 0.5) is 0 Å². The lowest BCUT2D eigenvalue weighted by Crippen LogP contribution is -1.85. The molecule has 0 aliphatic heterocycles. The summed E-state index contributed by atoms with van der Waals surface area (Å²) in [6.07, 6.45) is 2.75. The van der Waals surface area contributed by atoms with E-state index >= 15 is 0 Å². The van der Waals surface area contributed by atoms with Gasteiger partial charge in [-0.3, -0.25) is 5.10 Å². The fourth-order valence-electron chi connectivity index (χ4n) is 1.06. The lowest BCUT2D eigenvalue weighted by atomic mass is 10.2. The zero-order valence-electron chi connectivity index (χ0n) is 6.33. The maximum absolute atomic E-state index is 4.34. The molecule has 0 radical (unpaired) electrons. The highest BCUT2D eigenvalue weighted by Gasteiger charge is 1.96. The molecule has 2 aromatic heterocycles. The van der Waals surface area contributed by atoms with Crippen molar-refractivity contribution in [2.75, 3.05) is 0 Å². The first-order valence-electron chi connectivity index (χ1n) is 3.69. The first-order chi connectivity index (χ1) is 5.40. The van der Waals surface area contributed by atoms with Crippen molar-refractivity contribution in [3.8, 4) is 0 Å². The first-order valence-corrected chi connectivity index (χ1v) is 3.69. The monoisotopic (exact) mass is 147 g/mol. The van der Waals surface area contributed by atoms with E-state index in [1.165, 1.54) is 0 Å². The third-order valence-electron chi connectivity index (χ3n) is 1.72. The Morgan fingerprint density at radius 3 is 3.18 bits per heavy atom. The van der Waals surface area contributed by atoms with Crippen molar-refractivity contribution in [3.05, 3.63) is 24.0 Å². The molecule has 2 heterocycles. The summed E-state index contributed by atoms with van der Waals surface area (Å²) in [7, 11) is 0. The molecule has 0 aliphatic carbocycles. The maximum Gasteiger partial charge on any atom is 0.155 e. The van der Waals surface area contributed by atoms with Gasteiger partial charge in [-0.15, -0.1) is 0 Å². The smallest absolute Gasteiger partial charge is 0.155 e. The molecular weight excluding hydrogens is 138 g/mol. The van der Waals surface area contributed by atoms with E-state index in [4.69, 9.17) is 0 Å². The minimum atomic E-state index is 0.879. The van der Waals surface area contributed by atoms with Crippen LogP contribution in [0.2, 0.25) is 0 Å². The largest absolute Gasteiger partial charge is 0.261 e. The Kier molecular flexibility index (Phi) is 1.35. The second kappa shape index (κ2) is 2.34. The van der Waals surface area contributed by atoms with Crippen LogP contribution < -0.4 is 0 Å². The minimum Gasteiger partial charge on any atom is -0.261 e. The molecule has 0 amide bonds. The summed E-state index contributed by atoms with van der Waals surface area (Å²) >= 11 is 0. The Morgan fingerprint density at radius 2 is 2.36 bits per heavy atom. The molecule has 0 spiro atoms. The zero-order valence-corrected chi connectivity index (χ0v) is 6.33. The van der Waals surface area contributed by atoms with Crippen LogP contribution in [0.1, 0.15) is 12.6 Å². The Labute approximate surface area is 64.5 Å². The van der Waals surface area contributed by atoms with E-state index in [0.717, 1.165) is 23.1 Å². The van der Waals surface area contributed by atoms with Crippen LogP contribution in [-0.4, -0.2) is 15.2 Å². The van der Waals surface area contributed by atoms with Crippen molar-refractivity contribution in [3.63, 3.8) is 0 Å². The summed E-state index contributed by atoms with van der Waals surface area (Å²) in [5.41, 5.74) is 1.98. The number of fused-ring (bicyclic) bond motifs is 1. The molecule has 0 aromatic carbocycles. The van der Waals surface area contributed by atoms with E-state index in [-0.39, 0.29) is 0 Å². The number of H-pyrrole nitrogens is 1. The molecule has 0 bridgehead atoms. The molecule has 2 rings (SSSR count). The molecule has 0 atom stereocenters. The summed E-state index contributed by atoms with van der Waals surface area (Å²) in [5.74, 6) is 0. The Balaban J connectivity index is 2.67. The number of aryl methyl sites for hydroxylation is 1. The van der Waals surface area contributed by atoms with Gasteiger partial charge in [-0.1, -0.05) is 6.92 Å². The van der Waals surface area contributed by atoms with Crippen molar-refractivity contribution in [1.82, 2.24) is 15.2 Å². The number of pyridine rings is 1. The molecule has 1 N–H and O–H groups in total. The summed E-state index contributed by atoms with van der Waals surface area (Å²) in [6, 6.07) is 4.06. The van der Waals surface area contributed by atoms with Crippen molar-refractivity contribution in [2.45, 2.75) is 13.3 Å². The molecule has 11 heavy (non-hydrogen) atoms. The van der Waals surface area contributed by atoms with Crippen LogP contribution in [-0.2, 0) is 6.42 Å². The van der Waals surface area contributed by atoms with E-state index in [0.29, 0.717) is 0 Å². The number of rotatable bonds is 1. The van der Waals surface area contributed by atoms with Gasteiger partial charge in [-0.05, 0) is 18.6 Å². The van der Waals surface area contributed by atoms with Crippen LogP contribution in [0.5, 0.6) is 0 Å². The van der Waals surface area contributed by atoms with Gasteiger partial charge in [0.2, 0.25) is 0 Å². The van der Waals surface area contributed by atoms with Gasteiger partial charge in [-0.25, -0.2) is 4.98 Å². The first kappa shape index (κ1) is 6.34. The highest BCUT2D eigenvalue weighted by molar-refractivity contribution is 5.73. The standard InChI is InChI=1S/C8H9N3/c1-2-7-4-3-6-5-9-11-8(6)10-7/h3-5H,2H2,1H3,(H,9,10,11). The number of aromatic nitrogens is 3. The Hall–Kier alpha value is -1.38. The van der Waals surface area contributed by atoms with Crippen LogP contribution in [0.3, 0.4) is 0 Å². The Morgan fingerprint density at radius 1 is 1.45 bits per heavy atom. The van der Waals surface area contributed by atoms with Crippen LogP contribution in [0.25, 0.3) is 11.0 Å². The molecule has 0 saturated carbocycles. The van der Waals surface area contributed by atoms with Gasteiger partial charge in [0, 0.05) is 11.1 Å². The number of hydrogen-bond donors (Lipinski definition) is 1. The van der Waals surface area contributed by atoms with Gasteiger partial charge < -0.3 is 0 Å². The predicted octanol–water partition coefficient (Wildman–Crippen LogP) is 1.52. The number of aromatic amines is 1. The van der Waals surface area contributed by atoms with Gasteiger partial charge in [0.15, 0.2) is 5.65 Å². The van der Waals surface area contributed by atoms with Gasteiger partial charge >= 0.3 is 0 Å². The van der Waals surface area contributed by atoms with Crippen molar-refractivity contribution < 1.29 is 0 Å². The highest BCUT2D eigenvalue weighted by Crippen LogP contribution is 2.08. The second-order valence-electron chi connectivity index (χ2n) is 2.46. The average Bonchev–Trinajstić information content (AvgIpc) is 2.50. The fraction of sp³-hybridized carbons (Fsp3) is 0.250. The number of hydrogen-bond acceptors (Lipinski definition) is 2. The fourth-order valence-corrected chi connectivity index (χ4v) is 1.06. The predicted molar refractivity (Wildman–Crippen MR) is 43.3 cm³/mol. The van der Waals surface area contributed by atoms with E-state index < -0.39 is 0 Å². The van der Waals surface area contributed by atoms with Crippen LogP contribution in [0.15, 0.2) is 18.3 Å². The highest BCUT2D eigenvalue weighted by atomic mass is 15.1. The zero-order chi connectivity index (χ0) is 7.68.